The molecule has 29 heavy (non-hydrogen) atoms. The first-order chi connectivity index (χ1) is 14.1. The predicted octanol–water partition coefficient (Wildman–Crippen LogP) is 6.32. The quantitative estimate of drug-likeness (QED) is 0.439. The molecule has 0 spiro atoms. The maximum absolute atomic E-state index is 13.4. The van der Waals surface area contributed by atoms with Gasteiger partial charge >= 0.3 is 0 Å². The molecule has 4 aromatic rings. The minimum atomic E-state index is -0.100. The van der Waals surface area contributed by atoms with Crippen molar-refractivity contribution >= 4 is 33.1 Å². The monoisotopic (exact) mass is 398 g/mol. The maximum atomic E-state index is 13.4. The SMILES string of the molecule is Cc1ccc(-c2c(C(=O)Nc3ccccc3)c(C)nc3sc4c(c23)CCC4)cc1. The van der Waals surface area contributed by atoms with Crippen molar-refractivity contribution in [3.8, 4) is 11.1 Å². The second-order valence-corrected chi connectivity index (χ2v) is 8.75. The number of hydrogen-bond acceptors (Lipinski definition) is 3. The van der Waals surface area contributed by atoms with Gasteiger partial charge in [-0.05, 0) is 56.4 Å². The fraction of sp³-hybridized carbons (Fsp3) is 0.200. The first kappa shape index (κ1) is 18.1. The average Bonchev–Trinajstić information content (AvgIpc) is 3.29. The topological polar surface area (TPSA) is 42.0 Å². The van der Waals surface area contributed by atoms with Crippen LogP contribution in [0, 0.1) is 13.8 Å². The van der Waals surface area contributed by atoms with E-state index in [-0.39, 0.29) is 5.91 Å². The van der Waals surface area contributed by atoms with Gasteiger partial charge in [-0.1, -0.05) is 48.0 Å². The van der Waals surface area contributed by atoms with Gasteiger partial charge in [-0.2, -0.15) is 0 Å². The van der Waals surface area contributed by atoms with Crippen LogP contribution < -0.4 is 5.32 Å². The smallest absolute Gasteiger partial charge is 0.258 e. The first-order valence-corrected chi connectivity index (χ1v) is 10.8. The Kier molecular flexibility index (Phi) is 4.44. The van der Waals surface area contributed by atoms with Gasteiger partial charge < -0.3 is 5.32 Å². The van der Waals surface area contributed by atoms with Crippen molar-refractivity contribution in [2.45, 2.75) is 33.1 Å². The number of para-hydroxylation sites is 1. The van der Waals surface area contributed by atoms with Crippen molar-refractivity contribution in [2.75, 3.05) is 5.32 Å². The lowest BCUT2D eigenvalue weighted by molar-refractivity contribution is 0.102. The Morgan fingerprint density at radius 2 is 1.76 bits per heavy atom. The summed E-state index contributed by atoms with van der Waals surface area (Å²) < 4.78 is 0. The largest absolute Gasteiger partial charge is 0.322 e. The number of thiophene rings is 1. The number of hydrogen-bond donors (Lipinski definition) is 1. The number of aryl methyl sites for hydroxylation is 4. The molecule has 4 heteroatoms. The molecular weight excluding hydrogens is 376 g/mol. The fourth-order valence-electron chi connectivity index (χ4n) is 4.24. The van der Waals surface area contributed by atoms with Crippen LogP contribution in [-0.2, 0) is 12.8 Å². The van der Waals surface area contributed by atoms with E-state index in [1.54, 1.807) is 11.3 Å². The highest BCUT2D eigenvalue weighted by atomic mass is 32.1. The van der Waals surface area contributed by atoms with Crippen LogP contribution in [-0.4, -0.2) is 10.9 Å². The molecule has 0 aliphatic heterocycles. The van der Waals surface area contributed by atoms with Crippen LogP contribution in [0.5, 0.6) is 0 Å². The van der Waals surface area contributed by atoms with E-state index in [2.05, 4.69) is 36.5 Å². The Morgan fingerprint density at radius 3 is 2.52 bits per heavy atom. The number of pyridine rings is 1. The summed E-state index contributed by atoms with van der Waals surface area (Å²) in [5, 5.41) is 4.25. The summed E-state index contributed by atoms with van der Waals surface area (Å²) in [5.41, 5.74) is 6.96. The lowest BCUT2D eigenvalue weighted by atomic mass is 9.93. The Hall–Kier alpha value is -2.98. The lowest BCUT2D eigenvalue weighted by Crippen LogP contribution is -2.16. The zero-order valence-electron chi connectivity index (χ0n) is 16.6. The van der Waals surface area contributed by atoms with Gasteiger partial charge in [0.1, 0.15) is 4.83 Å². The van der Waals surface area contributed by atoms with E-state index in [0.29, 0.717) is 5.56 Å². The summed E-state index contributed by atoms with van der Waals surface area (Å²) in [5.74, 6) is -0.100. The highest BCUT2D eigenvalue weighted by Gasteiger charge is 2.27. The number of carbonyl (C=O) groups is 1. The van der Waals surface area contributed by atoms with Crippen molar-refractivity contribution in [1.82, 2.24) is 4.98 Å². The highest BCUT2D eigenvalue weighted by molar-refractivity contribution is 7.19. The van der Waals surface area contributed by atoms with Gasteiger partial charge in [0.05, 0.1) is 11.3 Å². The number of fused-ring (bicyclic) bond motifs is 3. The van der Waals surface area contributed by atoms with Crippen molar-refractivity contribution in [3.05, 3.63) is 81.9 Å². The first-order valence-electron chi connectivity index (χ1n) is 10.00. The number of benzene rings is 2. The average molecular weight is 399 g/mol. The van der Waals surface area contributed by atoms with Crippen molar-refractivity contribution < 1.29 is 4.79 Å². The number of nitrogens with zero attached hydrogens (tertiary/aromatic N) is 1. The fourth-order valence-corrected chi connectivity index (χ4v) is 5.56. The number of aromatic nitrogens is 1. The number of anilines is 1. The summed E-state index contributed by atoms with van der Waals surface area (Å²) in [6.45, 7) is 4.03. The second-order valence-electron chi connectivity index (χ2n) is 7.67. The summed E-state index contributed by atoms with van der Waals surface area (Å²) in [4.78, 5) is 20.8. The zero-order chi connectivity index (χ0) is 20.0. The molecule has 0 saturated heterocycles. The molecule has 1 aliphatic carbocycles. The molecular formula is C25H22N2OS. The highest BCUT2D eigenvalue weighted by Crippen LogP contribution is 2.43. The van der Waals surface area contributed by atoms with Crippen LogP contribution in [0.25, 0.3) is 21.3 Å². The van der Waals surface area contributed by atoms with Crippen LogP contribution in [0.3, 0.4) is 0 Å². The predicted molar refractivity (Wildman–Crippen MR) is 121 cm³/mol. The molecule has 1 amide bonds. The lowest BCUT2D eigenvalue weighted by Gasteiger charge is -2.15. The van der Waals surface area contributed by atoms with Crippen molar-refractivity contribution in [3.63, 3.8) is 0 Å². The minimum absolute atomic E-state index is 0.100. The maximum Gasteiger partial charge on any atom is 0.258 e. The van der Waals surface area contributed by atoms with Gasteiger partial charge in [0, 0.05) is 21.5 Å². The molecule has 2 aromatic carbocycles. The Bertz CT molecular complexity index is 1220. The zero-order valence-corrected chi connectivity index (χ0v) is 17.4. The summed E-state index contributed by atoms with van der Waals surface area (Å²) in [6.07, 6.45) is 3.37. The molecule has 5 rings (SSSR count). The van der Waals surface area contributed by atoms with Crippen LogP contribution in [0.4, 0.5) is 5.69 Å². The van der Waals surface area contributed by atoms with Gasteiger partial charge in [0.15, 0.2) is 0 Å². The molecule has 0 atom stereocenters. The Morgan fingerprint density at radius 1 is 1.00 bits per heavy atom. The third-order valence-electron chi connectivity index (χ3n) is 5.63. The van der Waals surface area contributed by atoms with Gasteiger partial charge in [0.2, 0.25) is 0 Å². The third-order valence-corrected chi connectivity index (χ3v) is 6.82. The summed E-state index contributed by atoms with van der Waals surface area (Å²) >= 11 is 1.79. The molecule has 0 fully saturated rings. The van der Waals surface area contributed by atoms with Gasteiger partial charge in [-0.15, -0.1) is 11.3 Å². The minimum Gasteiger partial charge on any atom is -0.322 e. The number of carbonyl (C=O) groups excluding carboxylic acids is 1. The summed E-state index contributed by atoms with van der Waals surface area (Å²) in [7, 11) is 0. The van der Waals surface area contributed by atoms with E-state index in [9.17, 15) is 4.79 Å². The van der Waals surface area contributed by atoms with Crippen molar-refractivity contribution in [2.24, 2.45) is 0 Å². The standard InChI is InChI=1S/C25H22N2OS/c1-15-11-13-17(14-12-15)22-21(24(28)27-18-7-4-3-5-8-18)16(2)26-25-23(22)19-9-6-10-20(19)29-25/h3-5,7-8,11-14H,6,9-10H2,1-2H3,(H,27,28). The van der Waals surface area contributed by atoms with E-state index in [1.165, 1.54) is 27.8 Å². The van der Waals surface area contributed by atoms with Crippen LogP contribution in [0.1, 0.15) is 38.5 Å². The van der Waals surface area contributed by atoms with E-state index in [4.69, 9.17) is 4.98 Å². The van der Waals surface area contributed by atoms with E-state index >= 15 is 0 Å². The van der Waals surface area contributed by atoms with Gasteiger partial charge in [-0.25, -0.2) is 4.98 Å². The van der Waals surface area contributed by atoms with Gasteiger partial charge in [0.25, 0.3) is 5.91 Å². The van der Waals surface area contributed by atoms with Crippen LogP contribution in [0.2, 0.25) is 0 Å². The molecule has 2 heterocycles. The van der Waals surface area contributed by atoms with E-state index < -0.39 is 0 Å². The number of amides is 1. The molecule has 144 valence electrons. The second kappa shape index (κ2) is 7.12. The summed E-state index contributed by atoms with van der Waals surface area (Å²) in [6, 6.07) is 18.1. The van der Waals surface area contributed by atoms with Crippen LogP contribution >= 0.6 is 11.3 Å². The van der Waals surface area contributed by atoms with Gasteiger partial charge in [-0.3, -0.25) is 4.79 Å². The van der Waals surface area contributed by atoms with E-state index in [0.717, 1.165) is 40.2 Å². The molecule has 0 unspecified atom stereocenters. The number of nitrogens with one attached hydrogen (secondary N) is 1. The molecule has 1 aliphatic rings. The number of rotatable bonds is 3. The van der Waals surface area contributed by atoms with Crippen molar-refractivity contribution in [1.29, 1.82) is 0 Å². The normalized spacial score (nSPS) is 12.9. The Balaban J connectivity index is 1.76. The molecule has 2 aromatic heterocycles. The molecule has 0 saturated carbocycles. The van der Waals surface area contributed by atoms with E-state index in [1.807, 2.05) is 37.3 Å². The molecule has 0 bridgehead atoms. The van der Waals surface area contributed by atoms with Crippen LogP contribution in [0.15, 0.2) is 54.6 Å². The Labute approximate surface area is 174 Å². The molecule has 0 radical (unpaired) electrons. The molecule has 1 N–H and O–H groups in total. The molecule has 3 nitrogen and oxygen atoms in total. The third kappa shape index (κ3) is 3.14.